The third-order valence-corrected chi connectivity index (χ3v) is 4.38. The number of benzene rings is 2. The molecule has 0 radical (unpaired) electrons. The summed E-state index contributed by atoms with van der Waals surface area (Å²) in [4.78, 5) is 14.7. The topological polar surface area (TPSA) is 32.3 Å². The summed E-state index contributed by atoms with van der Waals surface area (Å²) in [5.41, 5.74) is 0.904. The number of rotatable bonds is 3. The average molecular weight is 296 g/mol. The largest absolute Gasteiger partial charge is 0.324 e. The lowest BCUT2D eigenvalue weighted by Gasteiger charge is -2.34. The Bertz CT molecular complexity index is 652. The monoisotopic (exact) mass is 296 g/mol. The zero-order valence-electron chi connectivity index (χ0n) is 13.4. The van der Waals surface area contributed by atoms with Gasteiger partial charge in [-0.2, -0.15) is 0 Å². The molecule has 0 aromatic heterocycles. The number of nitrogens with one attached hydrogen (secondary N) is 1. The van der Waals surface area contributed by atoms with Crippen LogP contribution >= 0.6 is 0 Å². The van der Waals surface area contributed by atoms with E-state index in [0.29, 0.717) is 18.4 Å². The number of anilines is 1. The second kappa shape index (κ2) is 6.49. The van der Waals surface area contributed by atoms with Crippen LogP contribution in [0.3, 0.4) is 0 Å². The van der Waals surface area contributed by atoms with Crippen LogP contribution in [0.4, 0.5) is 5.69 Å². The summed E-state index contributed by atoms with van der Waals surface area (Å²) in [6.45, 7) is 7.06. The number of nitrogens with zero attached hydrogens (tertiary/aromatic N) is 1. The standard InChI is InChI=1S/C19H24N2O/c1-14-10-15(2)12-21(11-14)13-19(22)20-18-9-5-7-16-6-3-4-8-17(16)18/h3-9,14-15H,10-13H2,1-2H3,(H,20,22)/t14-,15+. The summed E-state index contributed by atoms with van der Waals surface area (Å²) < 4.78 is 0. The van der Waals surface area contributed by atoms with Gasteiger partial charge in [0.05, 0.1) is 6.54 Å². The van der Waals surface area contributed by atoms with Gasteiger partial charge in [-0.15, -0.1) is 0 Å². The summed E-state index contributed by atoms with van der Waals surface area (Å²) in [6.07, 6.45) is 1.27. The molecule has 2 atom stereocenters. The summed E-state index contributed by atoms with van der Waals surface area (Å²) in [7, 11) is 0. The first-order valence-electron chi connectivity index (χ1n) is 8.12. The van der Waals surface area contributed by atoms with Gasteiger partial charge in [0.1, 0.15) is 0 Å². The van der Waals surface area contributed by atoms with Gasteiger partial charge in [-0.05, 0) is 29.7 Å². The fourth-order valence-corrected chi connectivity index (χ4v) is 3.65. The lowest BCUT2D eigenvalue weighted by atomic mass is 9.92. The lowest BCUT2D eigenvalue weighted by Crippen LogP contribution is -2.42. The minimum atomic E-state index is 0.0812. The first-order valence-corrected chi connectivity index (χ1v) is 8.12. The molecule has 0 unspecified atom stereocenters. The van der Waals surface area contributed by atoms with Gasteiger partial charge in [-0.3, -0.25) is 9.69 Å². The Morgan fingerprint density at radius 3 is 2.55 bits per heavy atom. The molecular weight excluding hydrogens is 272 g/mol. The van der Waals surface area contributed by atoms with E-state index in [4.69, 9.17) is 0 Å². The summed E-state index contributed by atoms with van der Waals surface area (Å²) >= 11 is 0. The van der Waals surface area contributed by atoms with Gasteiger partial charge in [0.25, 0.3) is 0 Å². The van der Waals surface area contributed by atoms with E-state index in [1.165, 1.54) is 6.42 Å². The van der Waals surface area contributed by atoms with Crippen molar-refractivity contribution in [1.82, 2.24) is 4.90 Å². The Morgan fingerprint density at radius 2 is 1.77 bits per heavy atom. The highest BCUT2D eigenvalue weighted by Gasteiger charge is 2.23. The van der Waals surface area contributed by atoms with E-state index < -0.39 is 0 Å². The number of carbonyl (C=O) groups excluding carboxylic acids is 1. The maximum absolute atomic E-state index is 12.4. The molecule has 0 aliphatic carbocycles. The van der Waals surface area contributed by atoms with Crippen LogP contribution in [0.25, 0.3) is 10.8 Å². The van der Waals surface area contributed by atoms with Gasteiger partial charge < -0.3 is 5.32 Å². The van der Waals surface area contributed by atoms with Crippen LogP contribution in [0, 0.1) is 11.8 Å². The summed E-state index contributed by atoms with van der Waals surface area (Å²) in [5, 5.41) is 5.33. The normalized spacial score (nSPS) is 22.6. The molecular formula is C19H24N2O. The van der Waals surface area contributed by atoms with E-state index >= 15 is 0 Å². The molecule has 0 saturated carbocycles. The zero-order valence-corrected chi connectivity index (χ0v) is 13.4. The Balaban J connectivity index is 1.68. The van der Waals surface area contributed by atoms with Crippen molar-refractivity contribution in [3.63, 3.8) is 0 Å². The first kappa shape index (κ1) is 15.0. The third-order valence-electron chi connectivity index (χ3n) is 4.38. The molecule has 2 aromatic rings. The lowest BCUT2D eigenvalue weighted by molar-refractivity contribution is -0.117. The number of carbonyl (C=O) groups is 1. The van der Waals surface area contributed by atoms with Crippen LogP contribution in [-0.2, 0) is 4.79 Å². The molecule has 116 valence electrons. The van der Waals surface area contributed by atoms with Gasteiger partial charge in [-0.25, -0.2) is 0 Å². The first-order chi connectivity index (χ1) is 10.6. The van der Waals surface area contributed by atoms with E-state index in [2.05, 4.69) is 42.3 Å². The zero-order chi connectivity index (χ0) is 15.5. The second-order valence-corrected chi connectivity index (χ2v) is 6.72. The van der Waals surface area contributed by atoms with E-state index in [0.717, 1.165) is 29.5 Å². The molecule has 22 heavy (non-hydrogen) atoms. The highest BCUT2D eigenvalue weighted by Crippen LogP contribution is 2.24. The van der Waals surface area contributed by atoms with Gasteiger partial charge in [0, 0.05) is 24.2 Å². The molecule has 1 heterocycles. The van der Waals surface area contributed by atoms with Gasteiger partial charge in [0.15, 0.2) is 0 Å². The van der Waals surface area contributed by atoms with Crippen LogP contribution in [-0.4, -0.2) is 30.4 Å². The number of amides is 1. The van der Waals surface area contributed by atoms with Crippen molar-refractivity contribution in [3.8, 4) is 0 Å². The SMILES string of the molecule is C[C@@H]1C[C@H](C)CN(CC(=O)Nc2cccc3ccccc23)C1. The quantitative estimate of drug-likeness (QED) is 0.935. The van der Waals surface area contributed by atoms with E-state index in [1.54, 1.807) is 0 Å². The molecule has 1 N–H and O–H groups in total. The highest BCUT2D eigenvalue weighted by atomic mass is 16.2. The Hall–Kier alpha value is -1.87. The Labute approximate surface area is 132 Å². The van der Waals surface area contributed by atoms with E-state index in [9.17, 15) is 4.79 Å². The molecule has 3 heteroatoms. The van der Waals surface area contributed by atoms with Gasteiger partial charge in [-0.1, -0.05) is 50.2 Å². The minimum absolute atomic E-state index is 0.0812. The molecule has 1 amide bonds. The molecule has 1 aliphatic heterocycles. The summed E-state index contributed by atoms with van der Waals surface area (Å²) in [6, 6.07) is 14.2. The van der Waals surface area contributed by atoms with Crippen molar-refractivity contribution in [2.24, 2.45) is 11.8 Å². The van der Waals surface area contributed by atoms with Gasteiger partial charge >= 0.3 is 0 Å². The molecule has 3 nitrogen and oxygen atoms in total. The Morgan fingerprint density at radius 1 is 1.09 bits per heavy atom. The van der Waals surface area contributed by atoms with E-state index in [1.807, 2.05) is 24.3 Å². The number of piperidine rings is 1. The highest BCUT2D eigenvalue weighted by molar-refractivity contribution is 6.02. The third kappa shape index (κ3) is 3.47. The van der Waals surface area contributed by atoms with Crippen LogP contribution < -0.4 is 5.32 Å². The molecule has 1 saturated heterocycles. The fraction of sp³-hybridized carbons (Fsp3) is 0.421. The fourth-order valence-electron chi connectivity index (χ4n) is 3.65. The smallest absolute Gasteiger partial charge is 0.238 e. The maximum Gasteiger partial charge on any atom is 0.238 e. The van der Waals surface area contributed by atoms with Crippen molar-refractivity contribution in [2.75, 3.05) is 25.0 Å². The van der Waals surface area contributed by atoms with Crippen LogP contribution in [0.15, 0.2) is 42.5 Å². The van der Waals surface area contributed by atoms with Crippen molar-refractivity contribution in [2.45, 2.75) is 20.3 Å². The minimum Gasteiger partial charge on any atom is -0.324 e. The molecule has 1 aliphatic rings. The number of fused-ring (bicyclic) bond motifs is 1. The van der Waals surface area contributed by atoms with E-state index in [-0.39, 0.29) is 5.91 Å². The molecule has 0 bridgehead atoms. The van der Waals surface area contributed by atoms with Crippen molar-refractivity contribution in [3.05, 3.63) is 42.5 Å². The van der Waals surface area contributed by atoms with Crippen molar-refractivity contribution in [1.29, 1.82) is 0 Å². The number of hydrogen-bond donors (Lipinski definition) is 1. The maximum atomic E-state index is 12.4. The predicted octanol–water partition coefficient (Wildman–Crippen LogP) is 3.76. The van der Waals surface area contributed by atoms with Crippen LogP contribution in [0.2, 0.25) is 0 Å². The average Bonchev–Trinajstić information content (AvgIpc) is 2.46. The number of hydrogen-bond acceptors (Lipinski definition) is 2. The predicted molar refractivity (Wildman–Crippen MR) is 92.0 cm³/mol. The van der Waals surface area contributed by atoms with Crippen molar-refractivity contribution >= 4 is 22.4 Å². The van der Waals surface area contributed by atoms with Crippen LogP contribution in [0.1, 0.15) is 20.3 Å². The molecule has 3 rings (SSSR count). The second-order valence-electron chi connectivity index (χ2n) is 6.72. The Kier molecular flexibility index (Phi) is 4.44. The number of likely N-dealkylation sites (tertiary alicyclic amines) is 1. The van der Waals surface area contributed by atoms with Gasteiger partial charge in [0.2, 0.25) is 5.91 Å². The summed E-state index contributed by atoms with van der Waals surface area (Å²) in [5.74, 6) is 1.43. The van der Waals surface area contributed by atoms with Crippen LogP contribution in [0.5, 0.6) is 0 Å². The molecule has 0 spiro atoms. The van der Waals surface area contributed by atoms with Crippen molar-refractivity contribution < 1.29 is 4.79 Å². The molecule has 2 aromatic carbocycles. The molecule has 1 fully saturated rings.